The number of likely N-dealkylation sites (N-methyl/N-ethyl adjacent to an activating group) is 1. The number of carbonyl (C=O) groups is 1. The first-order valence-electron chi connectivity index (χ1n) is 8.22. The maximum Gasteiger partial charge on any atom is 0.236 e. The van der Waals surface area contributed by atoms with Crippen molar-refractivity contribution >= 4 is 5.91 Å². The summed E-state index contributed by atoms with van der Waals surface area (Å²) < 4.78 is 0. The lowest BCUT2D eigenvalue weighted by molar-refractivity contribution is -0.134. The normalized spacial score (nSPS) is 23.0. The Bertz CT molecular complexity index is 278. The third kappa shape index (κ3) is 4.20. The molecule has 19 heavy (non-hydrogen) atoms. The largest absolute Gasteiger partial charge is 0.342 e. The molecule has 0 N–H and O–H groups in total. The Hall–Kier alpha value is -0.570. The molecule has 0 unspecified atom stereocenters. The fourth-order valence-corrected chi connectivity index (χ4v) is 3.48. The molecule has 3 heteroatoms. The van der Waals surface area contributed by atoms with E-state index in [9.17, 15) is 4.79 Å². The highest BCUT2D eigenvalue weighted by molar-refractivity contribution is 5.78. The first kappa shape index (κ1) is 14.8. The summed E-state index contributed by atoms with van der Waals surface area (Å²) in [5.41, 5.74) is 0. The molecule has 2 fully saturated rings. The molecule has 0 bridgehead atoms. The lowest BCUT2D eigenvalue weighted by Crippen LogP contribution is -2.47. The molecule has 0 spiro atoms. The first-order chi connectivity index (χ1) is 9.20. The number of nitrogens with zero attached hydrogens (tertiary/aromatic N) is 2. The van der Waals surface area contributed by atoms with Crippen LogP contribution in [0.25, 0.3) is 0 Å². The van der Waals surface area contributed by atoms with Crippen LogP contribution in [0.4, 0.5) is 0 Å². The van der Waals surface area contributed by atoms with E-state index in [0.29, 0.717) is 18.5 Å². The number of hydrogen-bond donors (Lipinski definition) is 0. The molecule has 0 aromatic heterocycles. The zero-order valence-corrected chi connectivity index (χ0v) is 12.7. The van der Waals surface area contributed by atoms with Crippen molar-refractivity contribution in [3.63, 3.8) is 0 Å². The van der Waals surface area contributed by atoms with Crippen LogP contribution in [0.15, 0.2) is 0 Å². The zero-order chi connectivity index (χ0) is 13.7. The van der Waals surface area contributed by atoms with Gasteiger partial charge < -0.3 is 4.90 Å². The summed E-state index contributed by atoms with van der Waals surface area (Å²) in [4.78, 5) is 16.9. The molecule has 3 nitrogen and oxygen atoms in total. The standard InChI is InChI=1S/C16H30N2O/c1-3-17(15-7-5-4-6-8-15)13-16(19)18-11-9-14(2)10-12-18/h14-15H,3-13H2,1-2H3. The molecule has 1 aliphatic carbocycles. The number of likely N-dealkylation sites (tertiary alicyclic amines) is 1. The van der Waals surface area contributed by atoms with E-state index in [1.807, 2.05) is 0 Å². The average Bonchev–Trinajstić information content (AvgIpc) is 2.46. The van der Waals surface area contributed by atoms with E-state index in [4.69, 9.17) is 0 Å². The summed E-state index contributed by atoms with van der Waals surface area (Å²) in [6.07, 6.45) is 9.01. The molecule has 2 aliphatic rings. The summed E-state index contributed by atoms with van der Waals surface area (Å²) in [5, 5.41) is 0. The van der Waals surface area contributed by atoms with Gasteiger partial charge in [0.15, 0.2) is 0 Å². The fourth-order valence-electron chi connectivity index (χ4n) is 3.48. The Morgan fingerprint density at radius 2 is 1.74 bits per heavy atom. The minimum absolute atomic E-state index is 0.360. The predicted molar refractivity (Wildman–Crippen MR) is 79.1 cm³/mol. The Morgan fingerprint density at radius 3 is 2.32 bits per heavy atom. The van der Waals surface area contributed by atoms with E-state index in [1.165, 1.54) is 44.9 Å². The van der Waals surface area contributed by atoms with Crippen LogP contribution in [0.2, 0.25) is 0 Å². The van der Waals surface area contributed by atoms with Gasteiger partial charge in [-0.1, -0.05) is 33.1 Å². The Morgan fingerprint density at radius 1 is 1.11 bits per heavy atom. The lowest BCUT2D eigenvalue weighted by atomic mass is 9.94. The molecule has 0 aromatic rings. The quantitative estimate of drug-likeness (QED) is 0.781. The molecule has 0 radical (unpaired) electrons. The van der Waals surface area contributed by atoms with E-state index >= 15 is 0 Å². The van der Waals surface area contributed by atoms with Gasteiger partial charge in [-0.25, -0.2) is 0 Å². The van der Waals surface area contributed by atoms with Gasteiger partial charge in [-0.15, -0.1) is 0 Å². The van der Waals surface area contributed by atoms with Gasteiger partial charge in [-0.3, -0.25) is 9.69 Å². The van der Waals surface area contributed by atoms with Gasteiger partial charge in [0.05, 0.1) is 6.54 Å². The minimum Gasteiger partial charge on any atom is -0.342 e. The van der Waals surface area contributed by atoms with Crippen molar-refractivity contribution in [1.29, 1.82) is 0 Å². The molecule has 110 valence electrons. The van der Waals surface area contributed by atoms with Gasteiger partial charge in [0.1, 0.15) is 0 Å². The second-order valence-corrected chi connectivity index (χ2v) is 6.42. The molecule has 1 saturated carbocycles. The maximum atomic E-state index is 12.4. The number of carbonyl (C=O) groups excluding carboxylic acids is 1. The number of rotatable bonds is 4. The lowest BCUT2D eigenvalue weighted by Gasteiger charge is -2.36. The molecular weight excluding hydrogens is 236 g/mol. The highest BCUT2D eigenvalue weighted by Gasteiger charge is 2.25. The third-order valence-electron chi connectivity index (χ3n) is 4.97. The van der Waals surface area contributed by atoms with Crippen LogP contribution in [0.5, 0.6) is 0 Å². The van der Waals surface area contributed by atoms with Crippen LogP contribution in [0.1, 0.15) is 58.8 Å². The van der Waals surface area contributed by atoms with Crippen LogP contribution in [0, 0.1) is 5.92 Å². The molecular formula is C16H30N2O. The zero-order valence-electron chi connectivity index (χ0n) is 12.7. The Balaban J connectivity index is 1.81. The smallest absolute Gasteiger partial charge is 0.236 e. The summed E-state index contributed by atoms with van der Waals surface area (Å²) in [6.45, 7) is 8.10. The molecule has 0 atom stereocenters. The maximum absolute atomic E-state index is 12.4. The molecule has 1 aliphatic heterocycles. The highest BCUT2D eigenvalue weighted by atomic mass is 16.2. The number of piperidine rings is 1. The van der Waals surface area contributed by atoms with Gasteiger partial charge in [-0.05, 0) is 38.1 Å². The van der Waals surface area contributed by atoms with E-state index in [-0.39, 0.29) is 0 Å². The second kappa shape index (κ2) is 7.28. The van der Waals surface area contributed by atoms with E-state index in [2.05, 4.69) is 23.6 Å². The Kier molecular flexibility index (Phi) is 5.68. The van der Waals surface area contributed by atoms with Gasteiger partial charge in [0.2, 0.25) is 5.91 Å². The summed E-state index contributed by atoms with van der Waals surface area (Å²) >= 11 is 0. The Labute approximate surface area is 118 Å². The molecule has 2 rings (SSSR count). The van der Waals surface area contributed by atoms with Crippen molar-refractivity contribution in [2.24, 2.45) is 5.92 Å². The third-order valence-corrected chi connectivity index (χ3v) is 4.97. The number of amides is 1. The van der Waals surface area contributed by atoms with Crippen molar-refractivity contribution in [1.82, 2.24) is 9.80 Å². The molecule has 1 saturated heterocycles. The monoisotopic (exact) mass is 266 g/mol. The van der Waals surface area contributed by atoms with E-state index in [1.54, 1.807) is 0 Å². The van der Waals surface area contributed by atoms with Crippen molar-refractivity contribution in [2.45, 2.75) is 64.8 Å². The number of hydrogen-bond acceptors (Lipinski definition) is 2. The minimum atomic E-state index is 0.360. The first-order valence-corrected chi connectivity index (χ1v) is 8.22. The van der Waals surface area contributed by atoms with Crippen LogP contribution in [-0.4, -0.2) is 47.9 Å². The van der Waals surface area contributed by atoms with Crippen LogP contribution in [0.3, 0.4) is 0 Å². The van der Waals surface area contributed by atoms with Gasteiger partial charge in [0.25, 0.3) is 0 Å². The summed E-state index contributed by atoms with van der Waals surface area (Å²) in [6, 6.07) is 0.659. The van der Waals surface area contributed by atoms with Crippen molar-refractivity contribution in [3.05, 3.63) is 0 Å². The van der Waals surface area contributed by atoms with Crippen molar-refractivity contribution in [3.8, 4) is 0 Å². The molecule has 1 heterocycles. The van der Waals surface area contributed by atoms with Crippen molar-refractivity contribution < 1.29 is 4.79 Å². The van der Waals surface area contributed by atoms with Gasteiger partial charge >= 0.3 is 0 Å². The van der Waals surface area contributed by atoms with E-state index in [0.717, 1.165) is 25.6 Å². The predicted octanol–water partition coefficient (Wildman–Crippen LogP) is 2.90. The average molecular weight is 266 g/mol. The van der Waals surface area contributed by atoms with E-state index < -0.39 is 0 Å². The van der Waals surface area contributed by atoms with Crippen LogP contribution < -0.4 is 0 Å². The highest BCUT2D eigenvalue weighted by Crippen LogP contribution is 2.23. The van der Waals surface area contributed by atoms with Crippen LogP contribution >= 0.6 is 0 Å². The van der Waals surface area contributed by atoms with Gasteiger partial charge in [-0.2, -0.15) is 0 Å². The van der Waals surface area contributed by atoms with Crippen molar-refractivity contribution in [2.75, 3.05) is 26.2 Å². The molecule has 1 amide bonds. The van der Waals surface area contributed by atoms with Crippen LogP contribution in [-0.2, 0) is 4.79 Å². The topological polar surface area (TPSA) is 23.6 Å². The second-order valence-electron chi connectivity index (χ2n) is 6.42. The molecule has 0 aromatic carbocycles. The summed E-state index contributed by atoms with van der Waals surface area (Å²) in [7, 11) is 0. The van der Waals surface area contributed by atoms with Gasteiger partial charge in [0, 0.05) is 19.1 Å². The SMILES string of the molecule is CCN(CC(=O)N1CCC(C)CC1)C1CCCCC1. The fraction of sp³-hybridized carbons (Fsp3) is 0.938. The summed E-state index contributed by atoms with van der Waals surface area (Å²) in [5.74, 6) is 1.16.